The number of hydrogen-bond acceptors (Lipinski definition) is 26. The molecular weight excluding hydrogens is 1500 g/mol. The molecule has 38 heteroatoms. The minimum absolute atomic E-state index is 0. The van der Waals surface area contributed by atoms with Crippen molar-refractivity contribution in [3.8, 4) is 29.4 Å². The van der Waals surface area contributed by atoms with Crippen molar-refractivity contribution in [2.24, 2.45) is 16.7 Å². The number of rotatable bonds is 20. The van der Waals surface area contributed by atoms with Crippen LogP contribution in [0.1, 0.15) is 123 Å². The second-order valence-corrected chi connectivity index (χ2v) is 30.3. The van der Waals surface area contributed by atoms with E-state index < -0.39 is 141 Å². The number of carbonyl (C=O) groups excluding carboxylic acids is 2. The first kappa shape index (κ1) is 98.6. The number of benzene rings is 3. The zero-order valence-corrected chi connectivity index (χ0v) is 63.3. The third-order valence-electron chi connectivity index (χ3n) is 14.7. The van der Waals surface area contributed by atoms with Crippen LogP contribution in [0.15, 0.2) is 97.6 Å². The zero-order valence-electron chi connectivity index (χ0n) is 59.4. The Bertz CT molecular complexity index is 4160. The van der Waals surface area contributed by atoms with Crippen molar-refractivity contribution in [1.29, 1.82) is 10.5 Å². The molecule has 3 fully saturated rings. The number of ether oxygens (including phenoxy) is 5. The van der Waals surface area contributed by atoms with E-state index in [1.54, 1.807) is 76.2 Å². The zero-order chi connectivity index (χ0) is 76.6. The summed E-state index contributed by atoms with van der Waals surface area (Å²) in [5, 5.41) is 81.0. The molecule has 0 aliphatic carbocycles. The Balaban J connectivity index is 0.000000774. The number of halogens is 6. The van der Waals surface area contributed by atoms with E-state index in [2.05, 4.69) is 50.5 Å². The molecule has 3 saturated heterocycles. The molecule has 10 N–H and O–H groups in total. The van der Waals surface area contributed by atoms with Crippen molar-refractivity contribution in [3.05, 3.63) is 144 Å². The van der Waals surface area contributed by atoms with Crippen LogP contribution in [-0.2, 0) is 58.1 Å². The van der Waals surface area contributed by atoms with Crippen molar-refractivity contribution < 1.29 is 120 Å². The van der Waals surface area contributed by atoms with Crippen molar-refractivity contribution in [2.45, 2.75) is 165 Å². The fourth-order valence-corrected chi connectivity index (χ4v) is 13.0. The van der Waals surface area contributed by atoms with Gasteiger partial charge in [0.05, 0.1) is 49.9 Å². The average Bonchev–Trinajstić information content (AvgIpc) is 1.59. The molecule has 3 aromatic carbocycles. The number of aromatic nitrogens is 6. The first-order valence-corrected chi connectivity index (χ1v) is 35.3. The minimum atomic E-state index is -4.93. The molecule has 29 nitrogen and oxygen atoms in total. The fourth-order valence-electron chi connectivity index (χ4n) is 9.59. The molecule has 0 radical (unpaired) electrons. The molecule has 0 amide bonds. The van der Waals surface area contributed by atoms with Gasteiger partial charge in [-0.05, 0) is 79.1 Å². The number of nitriles is 2. The molecule has 10 rings (SSSR count). The Morgan fingerprint density at radius 2 is 1.06 bits per heavy atom. The maximum atomic E-state index is 14.1. The second-order valence-electron chi connectivity index (χ2n) is 26.7. The summed E-state index contributed by atoms with van der Waals surface area (Å²) in [5.41, 5.74) is 8.18. The molecule has 3 aliphatic rings. The maximum absolute atomic E-state index is 14.1. The van der Waals surface area contributed by atoms with Gasteiger partial charge in [0, 0.05) is 13.2 Å². The number of aliphatic hydroxyl groups excluding tert-OH is 5. The number of anilines is 2. The van der Waals surface area contributed by atoms with E-state index in [0.29, 0.717) is 11.0 Å². The number of esters is 2. The van der Waals surface area contributed by atoms with Gasteiger partial charge in [0.25, 0.3) is 0 Å². The molecule has 0 spiro atoms. The normalized spacial score (nSPS) is 21.4. The van der Waals surface area contributed by atoms with Crippen molar-refractivity contribution in [2.75, 3.05) is 57.3 Å². The minimum Gasteiger partial charge on any atom is -1.00 e. The van der Waals surface area contributed by atoms with E-state index in [9.17, 15) is 76.7 Å². The summed E-state index contributed by atoms with van der Waals surface area (Å²) < 4.78 is 146. The number of nitrogen functional groups attached to an aromatic ring is 2. The van der Waals surface area contributed by atoms with Crippen LogP contribution < -0.4 is 42.5 Å². The topological polar surface area (TPSA) is 425 Å². The van der Waals surface area contributed by atoms with E-state index in [0.717, 1.165) is 13.2 Å². The van der Waals surface area contributed by atoms with Gasteiger partial charge in [-0.3, -0.25) is 14.1 Å². The van der Waals surface area contributed by atoms with Crippen LogP contribution in [0.3, 0.4) is 0 Å². The third kappa shape index (κ3) is 25.3. The molecule has 7 aromatic rings. The van der Waals surface area contributed by atoms with Crippen LogP contribution in [0.25, 0.3) is 11.0 Å². The van der Waals surface area contributed by atoms with E-state index in [-0.39, 0.29) is 117 Å². The Morgan fingerprint density at radius 1 is 0.667 bits per heavy atom. The number of para-hydroxylation sites is 2. The van der Waals surface area contributed by atoms with Gasteiger partial charge < -0.3 is 92.6 Å². The molecule has 3 aliphatic heterocycles. The molecule has 4 aromatic heterocycles. The molecule has 108 heavy (non-hydrogen) atoms. The van der Waals surface area contributed by atoms with E-state index in [1.807, 2.05) is 32.9 Å². The largest absolute Gasteiger partial charge is 2.00 e. The molecule has 7 heterocycles. The smallest absolute Gasteiger partial charge is 1.00 e. The van der Waals surface area contributed by atoms with Crippen LogP contribution in [0.5, 0.6) is 17.2 Å². The standard InChI is InChI=1S/C27H34N5O8P.C20H21F5NO5P.C12H13N5O4.C4H8O.C4H9.3CH4.ClH.Mg/c1-17(25(35)37-15-26(2,3)4)13-41(36,40-18-8-6-5-7-9-18)38-12-20-22(33)23(34)27(14-28,39-20)21-11-10-19-24(29)30-16-31-32(19)21;1-11(19(27)29-10-20(2,3)4)26-32(28,30-12-8-6-5-7-9-12)31-18-16(24)14(22)13(21)15(23)17(18)25;13-4-12(10(20)9(19)7(3-18)21-12)8-2-1-6-11(14)15-5-16-17(6)8;1-2-4-5-3-1;1-4(2)3;;;;;/h5-11,16-17,20,22-23,33-34H,12-13,15H2,1-4H3,(H2,29,30,31);5-9,11H,10H2,1-4H3,(H,26,28);1-2,5,7,9-10,18-20H,3H2,(H2,14,15,16);1-4H2;1-3H3;3*1H4;1H;/q;;;;-1;;;;;+2/p-1/t17-,20-,22-,23-,27+,41+;11-,32-;7-,9-,10-,12+;;;;;;;/m101......./s1. The Hall–Kier alpha value is -7.41. The fraction of sp³-hybridized carbons (Fsp3) is 0.500. The van der Waals surface area contributed by atoms with E-state index in [4.69, 9.17) is 48.7 Å². The van der Waals surface area contributed by atoms with Gasteiger partial charge >= 0.3 is 50.3 Å². The van der Waals surface area contributed by atoms with Crippen molar-refractivity contribution in [1.82, 2.24) is 34.3 Å². The summed E-state index contributed by atoms with van der Waals surface area (Å²) >= 11 is 0. The van der Waals surface area contributed by atoms with Gasteiger partial charge in [0.15, 0.2) is 11.6 Å². The third-order valence-corrected chi connectivity index (χ3v) is 18.3. The Kier molecular flexibility index (Phi) is 39.0. The number of carbonyl (C=O) groups is 2. The summed E-state index contributed by atoms with van der Waals surface area (Å²) in [6.07, 6.45) is -4.02. The number of hydrogen-bond donors (Lipinski definition) is 8. The van der Waals surface area contributed by atoms with E-state index in [1.165, 1.54) is 83.8 Å². The van der Waals surface area contributed by atoms with Crippen molar-refractivity contribution in [3.63, 3.8) is 0 Å². The number of fused-ring (bicyclic) bond motifs is 2. The monoisotopic (exact) mass is 1600 g/mol. The molecule has 12 atom stereocenters. The summed E-state index contributed by atoms with van der Waals surface area (Å²) in [4.78, 5) is 32.6. The van der Waals surface area contributed by atoms with Crippen LogP contribution in [-0.4, -0.2) is 178 Å². The van der Waals surface area contributed by atoms with Crippen molar-refractivity contribution >= 4 is 73.0 Å². The number of nitrogens with zero attached hydrogens (tertiary/aromatic N) is 8. The van der Waals surface area contributed by atoms with Crippen LogP contribution in [0.2, 0.25) is 0 Å². The quantitative estimate of drug-likeness (QED) is 0.00707. The molecule has 0 saturated carbocycles. The van der Waals surface area contributed by atoms with Gasteiger partial charge in [-0.15, -0.1) is 0 Å². The first-order valence-electron chi connectivity index (χ1n) is 32.0. The van der Waals surface area contributed by atoms with Gasteiger partial charge in [-0.25, -0.2) is 41.3 Å². The predicted molar refractivity (Wildman–Crippen MR) is 386 cm³/mol. The van der Waals surface area contributed by atoms with Crippen LogP contribution in [0.4, 0.5) is 33.6 Å². The summed E-state index contributed by atoms with van der Waals surface area (Å²) in [6.45, 7) is 21.2. The summed E-state index contributed by atoms with van der Waals surface area (Å²) in [5.74, 6) is -14.1. The van der Waals surface area contributed by atoms with Crippen LogP contribution >= 0.6 is 15.3 Å². The SMILES string of the molecule is C.C.C.C1CCOC1.C[C-](C)C.C[C@H](C[P@](=O)(OC[C@H]1O[C@@](C#N)(c2ccc3c(N)ncnn23)[C@H](O)[C@@H]1O)Oc1ccccc1)C(=O)OCC(C)(C)C.C[C@H](N[P@](=O)(Oc1ccccc1)Oc1c(F)c(F)c(F)c(F)c1F)C(=O)OCC(C)(C)C.N#C[C@@]1(c2ccc3c(N)ncnn23)O[C@H](CO)[C@@H](O)[C@H]1O.[Cl-].[Mg+2]. The maximum Gasteiger partial charge on any atom is 2.00 e. The predicted octanol–water partition coefficient (Wildman–Crippen LogP) is 7.27. The van der Waals surface area contributed by atoms with Gasteiger partial charge in [0.1, 0.15) is 90.0 Å². The van der Waals surface area contributed by atoms with Crippen LogP contribution in [0, 0.1) is 74.4 Å². The summed E-state index contributed by atoms with van der Waals surface area (Å²) in [7, 11) is -9.00. The molecule has 0 bridgehead atoms. The number of nitrogens with one attached hydrogen (secondary N) is 1. The first-order chi connectivity index (χ1) is 48.3. The average molecular weight is 1600 g/mol. The Morgan fingerprint density at radius 3 is 1.45 bits per heavy atom. The number of nitrogens with two attached hydrogens (primary N) is 2. The van der Waals surface area contributed by atoms with Gasteiger partial charge in [-0.2, -0.15) is 55.4 Å². The van der Waals surface area contributed by atoms with E-state index >= 15 is 0 Å². The molecule has 0 unspecified atom stereocenters. The molecule has 594 valence electrons. The molecular formula is C70H97ClF5MgN11O18P2. The number of aliphatic hydroxyl groups is 5. The second kappa shape index (κ2) is 42.7. The van der Waals surface area contributed by atoms with Gasteiger partial charge in [-0.1, -0.05) is 107 Å². The van der Waals surface area contributed by atoms with Gasteiger partial charge in [0.2, 0.25) is 46.0 Å². The Labute approximate surface area is 647 Å². The summed E-state index contributed by atoms with van der Waals surface area (Å²) in [6, 6.07) is 23.9.